The smallest absolute Gasteiger partial charge is 0.341 e. The van der Waals surface area contributed by atoms with E-state index in [1.807, 2.05) is 54.6 Å². The number of nitrogens with two attached hydrogens (primary N) is 1. The molecule has 7 rings (SSSR count). The molecule has 0 radical (unpaired) electrons. The Hall–Kier alpha value is -4.73. The second kappa shape index (κ2) is 12.0. The Morgan fingerprint density at radius 2 is 1.71 bits per heavy atom. The monoisotopic (exact) mass is 635 g/mol. The third-order valence-electron chi connectivity index (χ3n) is 8.32. The van der Waals surface area contributed by atoms with Crippen LogP contribution in [-0.4, -0.2) is 33.0 Å². The number of carbonyl (C=O) groups excluding carboxylic acids is 2. The molecule has 0 bridgehead atoms. The Morgan fingerprint density at radius 1 is 1.00 bits per heavy atom. The zero-order chi connectivity index (χ0) is 31.1. The molecule has 226 valence electrons. The lowest BCUT2D eigenvalue weighted by atomic mass is 9.83. The van der Waals surface area contributed by atoms with Crippen LogP contribution in [0.25, 0.3) is 22.2 Å². The van der Waals surface area contributed by atoms with Gasteiger partial charge in [0.05, 0.1) is 29.7 Å². The quantitative estimate of drug-likeness (QED) is 0.174. The number of hydrogen-bond donors (Lipinski definition) is 2. The van der Waals surface area contributed by atoms with Crippen molar-refractivity contribution in [3.8, 4) is 0 Å². The molecule has 0 saturated carbocycles. The number of fused-ring (bicyclic) bond motifs is 3. The van der Waals surface area contributed by atoms with Crippen molar-refractivity contribution >= 4 is 67.8 Å². The molecule has 0 aliphatic heterocycles. The highest BCUT2D eigenvalue weighted by Gasteiger charge is 2.32. The summed E-state index contributed by atoms with van der Waals surface area (Å²) in [6, 6.07) is 25.3. The van der Waals surface area contributed by atoms with Gasteiger partial charge in [-0.1, -0.05) is 66.2 Å². The summed E-state index contributed by atoms with van der Waals surface area (Å²) in [7, 11) is 0. The number of nitrogen functional groups attached to an aromatic ring is 1. The zero-order valence-electron chi connectivity index (χ0n) is 24.5. The molecule has 1 aliphatic rings. The number of anilines is 2. The number of carbonyl (C=O) groups is 2. The summed E-state index contributed by atoms with van der Waals surface area (Å²) in [5, 5.41) is 4.13. The number of para-hydroxylation sites is 2. The van der Waals surface area contributed by atoms with E-state index < -0.39 is 11.9 Å². The molecule has 3 aromatic carbocycles. The average Bonchev–Trinajstić information content (AvgIpc) is 3.54. The van der Waals surface area contributed by atoms with Crippen molar-refractivity contribution in [1.82, 2.24) is 14.5 Å². The van der Waals surface area contributed by atoms with Gasteiger partial charge in [0.25, 0.3) is 5.91 Å². The maximum Gasteiger partial charge on any atom is 0.341 e. The summed E-state index contributed by atoms with van der Waals surface area (Å²) in [4.78, 5) is 38.3. The van der Waals surface area contributed by atoms with E-state index in [1.54, 1.807) is 11.5 Å². The second-order valence-electron chi connectivity index (χ2n) is 11.1. The number of rotatable bonds is 7. The normalized spacial score (nSPS) is 14.4. The highest BCUT2D eigenvalue weighted by atomic mass is 35.5. The number of thiophene rings is 1. The van der Waals surface area contributed by atoms with Gasteiger partial charge >= 0.3 is 5.97 Å². The summed E-state index contributed by atoms with van der Waals surface area (Å²) in [5.74, 6) is -0.329. The Kier molecular flexibility index (Phi) is 7.73. The van der Waals surface area contributed by atoms with Gasteiger partial charge in [-0.2, -0.15) is 0 Å². The van der Waals surface area contributed by atoms with Gasteiger partial charge in [-0.05, 0) is 73.1 Å². The molecule has 3 heterocycles. The number of esters is 1. The van der Waals surface area contributed by atoms with Crippen LogP contribution in [0.2, 0.25) is 5.02 Å². The van der Waals surface area contributed by atoms with Crippen LogP contribution in [0.4, 0.5) is 10.8 Å². The van der Waals surface area contributed by atoms with Crippen LogP contribution >= 0.6 is 22.9 Å². The van der Waals surface area contributed by atoms with Crippen molar-refractivity contribution in [2.45, 2.75) is 38.6 Å². The van der Waals surface area contributed by atoms with E-state index in [2.05, 4.69) is 29.6 Å². The predicted octanol–water partition coefficient (Wildman–Crippen LogP) is 7.63. The first-order valence-electron chi connectivity index (χ1n) is 14.9. The first-order valence-corrected chi connectivity index (χ1v) is 16.1. The molecule has 0 saturated heterocycles. The fourth-order valence-electron chi connectivity index (χ4n) is 6.14. The number of aromatic nitrogens is 3. The van der Waals surface area contributed by atoms with E-state index in [4.69, 9.17) is 32.0 Å². The molecule has 10 heteroatoms. The largest absolute Gasteiger partial charge is 0.462 e. The minimum absolute atomic E-state index is 0.209. The van der Waals surface area contributed by atoms with Crippen LogP contribution in [0.15, 0.2) is 78.9 Å². The first kappa shape index (κ1) is 29.0. The first-order chi connectivity index (χ1) is 21.9. The van der Waals surface area contributed by atoms with Crippen LogP contribution in [0.5, 0.6) is 0 Å². The van der Waals surface area contributed by atoms with Crippen molar-refractivity contribution in [3.63, 3.8) is 0 Å². The number of amides is 1. The molecule has 8 nitrogen and oxygen atoms in total. The summed E-state index contributed by atoms with van der Waals surface area (Å²) in [5.41, 5.74) is 12.8. The van der Waals surface area contributed by atoms with E-state index in [0.717, 1.165) is 35.3 Å². The predicted molar refractivity (Wildman–Crippen MR) is 179 cm³/mol. The van der Waals surface area contributed by atoms with Gasteiger partial charge in [0.15, 0.2) is 5.65 Å². The maximum absolute atomic E-state index is 14.2. The van der Waals surface area contributed by atoms with E-state index in [1.165, 1.54) is 16.9 Å². The van der Waals surface area contributed by atoms with Crippen molar-refractivity contribution < 1.29 is 14.3 Å². The van der Waals surface area contributed by atoms with Crippen LogP contribution < -0.4 is 11.1 Å². The Bertz CT molecular complexity index is 2070. The van der Waals surface area contributed by atoms with Crippen LogP contribution in [0.1, 0.15) is 61.5 Å². The molecule has 1 unspecified atom stereocenters. The van der Waals surface area contributed by atoms with Gasteiger partial charge in [-0.15, -0.1) is 11.3 Å². The third-order valence-corrected chi connectivity index (χ3v) is 9.74. The van der Waals surface area contributed by atoms with Crippen LogP contribution in [0.3, 0.4) is 0 Å². The summed E-state index contributed by atoms with van der Waals surface area (Å²) < 4.78 is 7.26. The van der Waals surface area contributed by atoms with Gasteiger partial charge in [0.2, 0.25) is 0 Å². The number of ether oxygens (including phenoxy) is 1. The Labute approximate surface area is 268 Å². The molecule has 0 spiro atoms. The van der Waals surface area contributed by atoms with E-state index >= 15 is 0 Å². The van der Waals surface area contributed by atoms with Crippen molar-refractivity contribution in [3.05, 3.63) is 117 Å². The fraction of sp³-hybridized carbons (Fsp3) is 0.200. The number of nitrogens with one attached hydrogen (secondary N) is 1. The van der Waals surface area contributed by atoms with Crippen molar-refractivity contribution in [2.24, 2.45) is 0 Å². The third kappa shape index (κ3) is 5.43. The summed E-state index contributed by atoms with van der Waals surface area (Å²) in [6.45, 7) is 2.37. The van der Waals surface area contributed by atoms with E-state index in [9.17, 15) is 9.59 Å². The molecule has 3 N–H and O–H groups in total. The lowest BCUT2D eigenvalue weighted by molar-refractivity contribution is 0.0526. The van der Waals surface area contributed by atoms with Gasteiger partial charge in [-0.3, -0.25) is 4.79 Å². The van der Waals surface area contributed by atoms with E-state index in [-0.39, 0.29) is 18.0 Å². The standard InChI is InChI=1S/C35H30ClN5O3S/c1-2-44-35(43)28-24-17-14-22(21-8-4-3-5-9-21)18-27(24)45-34(28)40-33(42)29-30-32(39-26-11-7-6-10-25(26)38-30)41(31(29)37)19-20-12-15-23(36)16-13-20/h3-13,15-16,22H,2,14,17-19,37H2,1H3,(H,40,42). The number of benzene rings is 3. The highest BCUT2D eigenvalue weighted by molar-refractivity contribution is 7.17. The minimum Gasteiger partial charge on any atom is -0.462 e. The van der Waals surface area contributed by atoms with Crippen molar-refractivity contribution in [2.75, 3.05) is 17.7 Å². The molecular weight excluding hydrogens is 606 g/mol. The summed E-state index contributed by atoms with van der Waals surface area (Å²) >= 11 is 7.56. The van der Waals surface area contributed by atoms with Gasteiger partial charge in [-0.25, -0.2) is 14.8 Å². The molecule has 45 heavy (non-hydrogen) atoms. The SMILES string of the molecule is CCOC(=O)c1c(NC(=O)c2c(N)n(Cc3ccc(Cl)cc3)c3nc4ccccc4nc23)sc2c1CCC(c1ccccc1)C2. The van der Waals surface area contributed by atoms with Gasteiger partial charge < -0.3 is 20.4 Å². The molecule has 1 amide bonds. The molecule has 6 aromatic rings. The highest BCUT2D eigenvalue weighted by Crippen LogP contribution is 2.43. The Balaban J connectivity index is 1.30. The molecular formula is C35H30ClN5O3S. The number of halogens is 1. The van der Waals surface area contributed by atoms with Crippen molar-refractivity contribution in [1.29, 1.82) is 0 Å². The molecule has 1 atom stereocenters. The van der Waals surface area contributed by atoms with Crippen LogP contribution in [-0.2, 0) is 24.1 Å². The van der Waals surface area contributed by atoms with E-state index in [0.29, 0.717) is 50.2 Å². The van der Waals surface area contributed by atoms with Gasteiger partial charge in [0.1, 0.15) is 21.9 Å². The molecule has 1 aliphatic carbocycles. The topological polar surface area (TPSA) is 112 Å². The second-order valence-corrected chi connectivity index (χ2v) is 12.6. The lowest BCUT2D eigenvalue weighted by Crippen LogP contribution is -2.18. The van der Waals surface area contributed by atoms with Gasteiger partial charge in [0, 0.05) is 9.90 Å². The lowest BCUT2D eigenvalue weighted by Gasteiger charge is -2.23. The zero-order valence-corrected chi connectivity index (χ0v) is 26.1. The fourth-order valence-corrected chi connectivity index (χ4v) is 7.58. The Morgan fingerprint density at radius 3 is 2.44 bits per heavy atom. The van der Waals surface area contributed by atoms with Crippen LogP contribution in [0, 0.1) is 0 Å². The maximum atomic E-state index is 14.2. The summed E-state index contributed by atoms with van der Waals surface area (Å²) in [6.07, 6.45) is 2.41. The molecule has 3 aromatic heterocycles. The number of nitrogens with zero attached hydrogens (tertiary/aromatic N) is 3. The average molecular weight is 636 g/mol. The molecule has 0 fully saturated rings. The number of hydrogen-bond acceptors (Lipinski definition) is 7. The minimum atomic E-state index is -0.458.